The van der Waals surface area contributed by atoms with Crippen LogP contribution in [-0.2, 0) is 10.0 Å². The van der Waals surface area contributed by atoms with Gasteiger partial charge in [0.25, 0.3) is 10.0 Å². The van der Waals surface area contributed by atoms with E-state index in [0.717, 1.165) is 10.9 Å². The highest BCUT2D eigenvalue weighted by Gasteiger charge is 2.14. The number of anilines is 1. The van der Waals surface area contributed by atoms with E-state index in [2.05, 4.69) is 14.9 Å². The molecule has 2 N–H and O–H groups in total. The van der Waals surface area contributed by atoms with Crippen molar-refractivity contribution in [2.75, 3.05) is 11.8 Å². The van der Waals surface area contributed by atoms with Gasteiger partial charge in [0.2, 0.25) is 0 Å². The average molecular weight is 303 g/mol. The minimum absolute atomic E-state index is 0.174. The van der Waals surface area contributed by atoms with Gasteiger partial charge in [-0.05, 0) is 42.5 Å². The Kier molecular flexibility index (Phi) is 3.26. The molecule has 0 unspecified atom stereocenters. The van der Waals surface area contributed by atoms with Crippen LogP contribution in [0.15, 0.2) is 53.6 Å². The number of ether oxygens (including phenoxy) is 1. The van der Waals surface area contributed by atoms with E-state index in [1.807, 2.05) is 0 Å². The zero-order valence-corrected chi connectivity index (χ0v) is 12.0. The van der Waals surface area contributed by atoms with E-state index in [4.69, 9.17) is 4.74 Å². The Balaban J connectivity index is 1.90. The van der Waals surface area contributed by atoms with Crippen molar-refractivity contribution in [2.45, 2.75) is 4.90 Å². The number of nitrogens with one attached hydrogen (secondary N) is 2. The summed E-state index contributed by atoms with van der Waals surface area (Å²) in [7, 11) is -2.10. The molecule has 2 aromatic carbocycles. The Hall–Kier alpha value is -2.54. The molecule has 3 rings (SSSR count). The number of sulfonamides is 1. The van der Waals surface area contributed by atoms with Gasteiger partial charge < -0.3 is 4.74 Å². The van der Waals surface area contributed by atoms with E-state index in [1.165, 1.54) is 19.2 Å². The summed E-state index contributed by atoms with van der Waals surface area (Å²) in [6.07, 6.45) is 1.68. The highest BCUT2D eigenvalue weighted by molar-refractivity contribution is 7.92. The molecule has 1 heterocycles. The number of benzene rings is 2. The van der Waals surface area contributed by atoms with Gasteiger partial charge >= 0.3 is 0 Å². The van der Waals surface area contributed by atoms with Crippen molar-refractivity contribution in [3.05, 3.63) is 48.7 Å². The Bertz CT molecular complexity index is 870. The van der Waals surface area contributed by atoms with E-state index in [0.29, 0.717) is 11.4 Å². The van der Waals surface area contributed by atoms with Gasteiger partial charge in [-0.25, -0.2) is 8.42 Å². The number of rotatable bonds is 4. The Labute approximate surface area is 121 Å². The number of methoxy groups -OCH3 is 1. The molecule has 0 atom stereocenters. The number of hydrogen-bond donors (Lipinski definition) is 2. The largest absolute Gasteiger partial charge is 0.497 e. The Morgan fingerprint density at radius 1 is 1.14 bits per heavy atom. The smallest absolute Gasteiger partial charge is 0.261 e. The second-order valence-corrected chi connectivity index (χ2v) is 6.14. The number of aromatic nitrogens is 2. The maximum atomic E-state index is 12.3. The molecule has 0 saturated carbocycles. The summed E-state index contributed by atoms with van der Waals surface area (Å²) >= 11 is 0. The molecule has 0 amide bonds. The summed E-state index contributed by atoms with van der Waals surface area (Å²) in [5.74, 6) is 0.604. The van der Waals surface area contributed by atoms with Gasteiger partial charge in [0.1, 0.15) is 5.75 Å². The molecule has 0 spiro atoms. The van der Waals surface area contributed by atoms with Crippen LogP contribution < -0.4 is 9.46 Å². The van der Waals surface area contributed by atoms with Crippen LogP contribution in [0.4, 0.5) is 5.69 Å². The first-order valence-electron chi connectivity index (χ1n) is 6.18. The topological polar surface area (TPSA) is 84.1 Å². The first-order chi connectivity index (χ1) is 10.1. The Morgan fingerprint density at radius 3 is 2.62 bits per heavy atom. The molecule has 21 heavy (non-hydrogen) atoms. The lowest BCUT2D eigenvalue weighted by Gasteiger charge is -2.08. The summed E-state index contributed by atoms with van der Waals surface area (Å²) in [5.41, 5.74) is 1.24. The lowest BCUT2D eigenvalue weighted by molar-refractivity contribution is 0.414. The predicted molar refractivity (Wildman–Crippen MR) is 79.9 cm³/mol. The van der Waals surface area contributed by atoms with Crippen LogP contribution in [0.5, 0.6) is 5.75 Å². The minimum Gasteiger partial charge on any atom is -0.497 e. The number of H-pyrrole nitrogens is 1. The second-order valence-electron chi connectivity index (χ2n) is 4.45. The molecule has 0 aliphatic rings. The van der Waals surface area contributed by atoms with Crippen molar-refractivity contribution in [2.24, 2.45) is 0 Å². The highest BCUT2D eigenvalue weighted by Crippen LogP contribution is 2.21. The summed E-state index contributed by atoms with van der Waals surface area (Å²) in [6, 6.07) is 11.4. The van der Waals surface area contributed by atoms with Crippen LogP contribution in [0.2, 0.25) is 0 Å². The van der Waals surface area contributed by atoms with Crippen LogP contribution >= 0.6 is 0 Å². The average Bonchev–Trinajstić information content (AvgIpc) is 2.94. The van der Waals surface area contributed by atoms with Crippen molar-refractivity contribution in [1.29, 1.82) is 0 Å². The second kappa shape index (κ2) is 5.10. The molecule has 7 heteroatoms. The molecule has 0 fully saturated rings. The first kappa shape index (κ1) is 13.4. The third-order valence-corrected chi connectivity index (χ3v) is 4.46. The van der Waals surface area contributed by atoms with E-state index < -0.39 is 10.0 Å². The summed E-state index contributed by atoms with van der Waals surface area (Å²) in [6.45, 7) is 0. The lowest BCUT2D eigenvalue weighted by Crippen LogP contribution is -2.12. The summed E-state index contributed by atoms with van der Waals surface area (Å²) in [4.78, 5) is 0.174. The minimum atomic E-state index is -3.63. The third-order valence-electron chi connectivity index (χ3n) is 3.06. The molecule has 108 valence electrons. The van der Waals surface area contributed by atoms with Crippen molar-refractivity contribution >= 4 is 26.6 Å². The van der Waals surface area contributed by atoms with Gasteiger partial charge in [0.15, 0.2) is 0 Å². The monoisotopic (exact) mass is 303 g/mol. The van der Waals surface area contributed by atoms with E-state index >= 15 is 0 Å². The molecule has 3 aromatic rings. The van der Waals surface area contributed by atoms with E-state index in [-0.39, 0.29) is 4.90 Å². The highest BCUT2D eigenvalue weighted by atomic mass is 32.2. The van der Waals surface area contributed by atoms with Crippen LogP contribution in [0.25, 0.3) is 10.9 Å². The SMILES string of the molecule is COc1ccc(S(=O)(=O)Nc2ccc3cn[nH]c3c2)cc1. The molecule has 0 radical (unpaired) electrons. The summed E-state index contributed by atoms with van der Waals surface area (Å²) in [5, 5.41) is 7.62. The molecule has 6 nitrogen and oxygen atoms in total. The normalized spacial score (nSPS) is 11.5. The number of hydrogen-bond acceptors (Lipinski definition) is 4. The van der Waals surface area contributed by atoms with Gasteiger partial charge in [0, 0.05) is 5.39 Å². The quantitative estimate of drug-likeness (QED) is 0.775. The zero-order chi connectivity index (χ0) is 14.9. The molecule has 0 bridgehead atoms. The van der Waals surface area contributed by atoms with Crippen LogP contribution in [0.1, 0.15) is 0 Å². The number of fused-ring (bicyclic) bond motifs is 1. The standard InChI is InChI=1S/C14H13N3O3S/c1-20-12-4-6-13(7-5-12)21(18,19)17-11-3-2-10-9-15-16-14(10)8-11/h2-9,17H,1H3,(H,15,16). The van der Waals surface area contributed by atoms with Crippen LogP contribution in [0.3, 0.4) is 0 Å². The fourth-order valence-corrected chi connectivity index (χ4v) is 3.02. The molecule has 0 aliphatic carbocycles. The predicted octanol–water partition coefficient (Wildman–Crippen LogP) is 2.37. The van der Waals surface area contributed by atoms with Crippen molar-refractivity contribution in [3.63, 3.8) is 0 Å². The third kappa shape index (κ3) is 2.68. The maximum Gasteiger partial charge on any atom is 0.261 e. The maximum absolute atomic E-state index is 12.3. The molecular formula is C14H13N3O3S. The van der Waals surface area contributed by atoms with Gasteiger partial charge in [-0.3, -0.25) is 9.82 Å². The number of nitrogens with zero attached hydrogens (tertiary/aromatic N) is 1. The van der Waals surface area contributed by atoms with Crippen LogP contribution in [0, 0.1) is 0 Å². The van der Waals surface area contributed by atoms with Crippen molar-refractivity contribution in [3.8, 4) is 5.75 Å². The van der Waals surface area contributed by atoms with E-state index in [1.54, 1.807) is 36.5 Å². The van der Waals surface area contributed by atoms with E-state index in [9.17, 15) is 8.42 Å². The zero-order valence-electron chi connectivity index (χ0n) is 11.2. The molecule has 0 saturated heterocycles. The lowest BCUT2D eigenvalue weighted by atomic mass is 10.2. The molecule has 1 aromatic heterocycles. The first-order valence-corrected chi connectivity index (χ1v) is 7.67. The fraction of sp³-hybridized carbons (Fsp3) is 0.0714. The van der Waals surface area contributed by atoms with Gasteiger partial charge in [-0.1, -0.05) is 0 Å². The van der Waals surface area contributed by atoms with Crippen LogP contribution in [-0.4, -0.2) is 25.7 Å². The van der Waals surface area contributed by atoms with Gasteiger partial charge in [-0.15, -0.1) is 0 Å². The van der Waals surface area contributed by atoms with Crippen molar-refractivity contribution < 1.29 is 13.2 Å². The number of aromatic amines is 1. The molecular weight excluding hydrogens is 290 g/mol. The molecule has 0 aliphatic heterocycles. The van der Waals surface area contributed by atoms with Gasteiger partial charge in [-0.2, -0.15) is 5.10 Å². The van der Waals surface area contributed by atoms with Crippen molar-refractivity contribution in [1.82, 2.24) is 10.2 Å². The Morgan fingerprint density at radius 2 is 1.90 bits per heavy atom. The fourth-order valence-electron chi connectivity index (χ4n) is 1.97. The van der Waals surface area contributed by atoms with Gasteiger partial charge in [0.05, 0.1) is 29.4 Å². The summed E-state index contributed by atoms with van der Waals surface area (Å²) < 4.78 is 32.1.